The summed E-state index contributed by atoms with van der Waals surface area (Å²) < 4.78 is 4.90. The molecule has 3 rings (SSSR count). The van der Waals surface area contributed by atoms with Gasteiger partial charge in [-0.05, 0) is 43.7 Å². The number of carbonyl (C=O) groups excluding carboxylic acids is 4. The zero-order valence-electron chi connectivity index (χ0n) is 16.6. The Morgan fingerprint density at radius 1 is 1.10 bits per heavy atom. The van der Waals surface area contributed by atoms with Crippen LogP contribution < -0.4 is 15.5 Å². The highest BCUT2D eigenvalue weighted by Gasteiger charge is 2.21. The van der Waals surface area contributed by atoms with Gasteiger partial charge in [-0.2, -0.15) is 0 Å². The van der Waals surface area contributed by atoms with Crippen LogP contribution in [-0.4, -0.2) is 43.4 Å². The number of anilines is 2. The molecule has 1 aliphatic heterocycles. The molecular formula is C22H23N3O5. The van der Waals surface area contributed by atoms with E-state index >= 15 is 0 Å². The number of rotatable bonds is 7. The summed E-state index contributed by atoms with van der Waals surface area (Å²) in [5, 5.41) is 5.09. The minimum atomic E-state index is -0.720. The lowest BCUT2D eigenvalue weighted by atomic mass is 10.1. The molecule has 8 nitrogen and oxygen atoms in total. The molecule has 8 heteroatoms. The zero-order chi connectivity index (χ0) is 21.5. The number of hydrogen-bond acceptors (Lipinski definition) is 5. The third-order valence-electron chi connectivity index (χ3n) is 4.55. The average molecular weight is 409 g/mol. The Bertz CT molecular complexity index is 973. The first-order chi connectivity index (χ1) is 14.4. The van der Waals surface area contributed by atoms with Crippen LogP contribution >= 0.6 is 0 Å². The molecule has 0 aliphatic carbocycles. The Hall–Kier alpha value is -3.68. The second kappa shape index (κ2) is 9.69. The van der Waals surface area contributed by atoms with E-state index in [-0.39, 0.29) is 12.5 Å². The topological polar surface area (TPSA) is 105 Å². The predicted molar refractivity (Wildman–Crippen MR) is 111 cm³/mol. The Kier molecular flexibility index (Phi) is 6.79. The fourth-order valence-corrected chi connectivity index (χ4v) is 3.11. The van der Waals surface area contributed by atoms with Crippen LogP contribution in [0.1, 0.15) is 28.8 Å². The second-order valence-electron chi connectivity index (χ2n) is 6.96. The Labute approximate surface area is 174 Å². The molecule has 0 atom stereocenters. The maximum Gasteiger partial charge on any atom is 0.325 e. The van der Waals surface area contributed by atoms with Crippen molar-refractivity contribution in [3.8, 4) is 0 Å². The van der Waals surface area contributed by atoms with E-state index in [2.05, 4.69) is 10.6 Å². The van der Waals surface area contributed by atoms with Gasteiger partial charge in [0, 0.05) is 29.9 Å². The first-order valence-electron chi connectivity index (χ1n) is 9.63. The van der Waals surface area contributed by atoms with E-state index in [1.807, 2.05) is 13.0 Å². The van der Waals surface area contributed by atoms with Gasteiger partial charge >= 0.3 is 5.97 Å². The molecule has 1 fully saturated rings. The molecule has 1 aliphatic rings. The maximum atomic E-state index is 12.1. The lowest BCUT2D eigenvalue weighted by Gasteiger charge is -2.16. The standard InChI is InChI=1S/C22H23N3O5/c1-15-5-2-6-16(11-15)22(29)23-13-21(28)30-14-19(26)24-17-7-3-8-18(12-17)25-10-4-9-20(25)27/h2-3,5-8,11-12H,4,9-10,13-14H2,1H3,(H,23,29)(H,24,26). The molecule has 30 heavy (non-hydrogen) atoms. The highest BCUT2D eigenvalue weighted by molar-refractivity contribution is 5.98. The van der Waals surface area contributed by atoms with Crippen molar-refractivity contribution in [1.29, 1.82) is 0 Å². The molecule has 2 N–H and O–H groups in total. The van der Waals surface area contributed by atoms with E-state index in [4.69, 9.17) is 4.74 Å². The van der Waals surface area contributed by atoms with Crippen molar-refractivity contribution in [2.45, 2.75) is 19.8 Å². The van der Waals surface area contributed by atoms with Crippen molar-refractivity contribution in [3.05, 3.63) is 59.7 Å². The van der Waals surface area contributed by atoms with Gasteiger partial charge in [0.1, 0.15) is 6.54 Å². The number of aryl methyl sites for hydroxylation is 1. The number of benzene rings is 2. The third-order valence-corrected chi connectivity index (χ3v) is 4.55. The summed E-state index contributed by atoms with van der Waals surface area (Å²) in [5.74, 6) is -1.57. The zero-order valence-corrected chi connectivity index (χ0v) is 16.6. The van der Waals surface area contributed by atoms with Gasteiger partial charge in [-0.15, -0.1) is 0 Å². The van der Waals surface area contributed by atoms with E-state index in [1.54, 1.807) is 47.4 Å². The van der Waals surface area contributed by atoms with Gasteiger partial charge in [-0.3, -0.25) is 19.2 Å². The lowest BCUT2D eigenvalue weighted by molar-refractivity contribution is -0.146. The van der Waals surface area contributed by atoms with Crippen molar-refractivity contribution in [2.24, 2.45) is 0 Å². The van der Waals surface area contributed by atoms with Crippen molar-refractivity contribution in [3.63, 3.8) is 0 Å². The van der Waals surface area contributed by atoms with Crippen LogP contribution in [0.15, 0.2) is 48.5 Å². The maximum absolute atomic E-state index is 12.1. The predicted octanol–water partition coefficient (Wildman–Crippen LogP) is 2.03. The molecular weight excluding hydrogens is 386 g/mol. The van der Waals surface area contributed by atoms with E-state index < -0.39 is 24.4 Å². The highest BCUT2D eigenvalue weighted by Crippen LogP contribution is 2.24. The minimum Gasteiger partial charge on any atom is -0.454 e. The van der Waals surface area contributed by atoms with Crippen LogP contribution in [0.5, 0.6) is 0 Å². The van der Waals surface area contributed by atoms with Gasteiger partial charge in [-0.1, -0.05) is 23.8 Å². The first kappa shape index (κ1) is 21.0. The van der Waals surface area contributed by atoms with Gasteiger partial charge in [0.15, 0.2) is 6.61 Å². The third kappa shape index (κ3) is 5.66. The van der Waals surface area contributed by atoms with Crippen molar-refractivity contribution in [1.82, 2.24) is 5.32 Å². The van der Waals surface area contributed by atoms with Crippen molar-refractivity contribution in [2.75, 3.05) is 29.9 Å². The van der Waals surface area contributed by atoms with E-state index in [1.165, 1.54) is 0 Å². The number of carbonyl (C=O) groups is 4. The molecule has 0 unspecified atom stereocenters. The summed E-state index contributed by atoms with van der Waals surface area (Å²) in [6.45, 7) is 1.70. The molecule has 0 saturated carbocycles. The summed E-state index contributed by atoms with van der Waals surface area (Å²) in [7, 11) is 0. The number of nitrogens with one attached hydrogen (secondary N) is 2. The van der Waals surface area contributed by atoms with Gasteiger partial charge in [0.05, 0.1) is 0 Å². The van der Waals surface area contributed by atoms with Crippen LogP contribution in [0.2, 0.25) is 0 Å². The van der Waals surface area contributed by atoms with E-state index in [0.29, 0.717) is 29.9 Å². The van der Waals surface area contributed by atoms with E-state index in [0.717, 1.165) is 12.0 Å². The Balaban J connectivity index is 1.43. The molecule has 2 aromatic rings. The molecule has 156 valence electrons. The van der Waals surface area contributed by atoms with Crippen LogP contribution in [0.3, 0.4) is 0 Å². The first-order valence-corrected chi connectivity index (χ1v) is 9.63. The fourth-order valence-electron chi connectivity index (χ4n) is 3.11. The van der Waals surface area contributed by atoms with Crippen LogP contribution in [0.4, 0.5) is 11.4 Å². The quantitative estimate of drug-likeness (QED) is 0.681. The van der Waals surface area contributed by atoms with Crippen LogP contribution in [0.25, 0.3) is 0 Å². The molecule has 1 saturated heterocycles. The monoisotopic (exact) mass is 409 g/mol. The summed E-state index contributed by atoms with van der Waals surface area (Å²) in [4.78, 5) is 49.4. The van der Waals surface area contributed by atoms with Gasteiger partial charge in [0.2, 0.25) is 5.91 Å². The van der Waals surface area contributed by atoms with E-state index in [9.17, 15) is 19.2 Å². The number of nitrogens with zero attached hydrogens (tertiary/aromatic N) is 1. The number of esters is 1. The summed E-state index contributed by atoms with van der Waals surface area (Å²) in [5.41, 5.74) is 2.59. The largest absolute Gasteiger partial charge is 0.454 e. The average Bonchev–Trinajstić information content (AvgIpc) is 3.16. The lowest BCUT2D eigenvalue weighted by Crippen LogP contribution is -2.32. The van der Waals surface area contributed by atoms with Gasteiger partial charge in [-0.25, -0.2) is 0 Å². The number of ether oxygens (including phenoxy) is 1. The van der Waals surface area contributed by atoms with Crippen molar-refractivity contribution >= 4 is 35.1 Å². The molecule has 0 radical (unpaired) electrons. The Morgan fingerprint density at radius 3 is 2.63 bits per heavy atom. The highest BCUT2D eigenvalue weighted by atomic mass is 16.5. The fraction of sp³-hybridized carbons (Fsp3) is 0.273. The van der Waals surface area contributed by atoms with Crippen LogP contribution in [-0.2, 0) is 19.1 Å². The number of hydrogen-bond donors (Lipinski definition) is 2. The normalized spacial score (nSPS) is 13.1. The summed E-state index contributed by atoms with van der Waals surface area (Å²) >= 11 is 0. The molecule has 0 bridgehead atoms. The van der Waals surface area contributed by atoms with Crippen molar-refractivity contribution < 1.29 is 23.9 Å². The molecule has 0 aromatic heterocycles. The molecule has 1 heterocycles. The number of amides is 3. The van der Waals surface area contributed by atoms with Gasteiger partial charge in [0.25, 0.3) is 11.8 Å². The summed E-state index contributed by atoms with van der Waals surface area (Å²) in [6.07, 6.45) is 1.33. The Morgan fingerprint density at radius 2 is 1.90 bits per heavy atom. The molecule has 2 aromatic carbocycles. The minimum absolute atomic E-state index is 0.0557. The molecule has 0 spiro atoms. The van der Waals surface area contributed by atoms with Gasteiger partial charge < -0.3 is 20.3 Å². The summed E-state index contributed by atoms with van der Waals surface area (Å²) in [6, 6.07) is 13.9. The SMILES string of the molecule is Cc1cccc(C(=O)NCC(=O)OCC(=O)Nc2cccc(N3CCCC3=O)c2)c1. The van der Waals surface area contributed by atoms with Crippen LogP contribution in [0, 0.1) is 6.92 Å². The second-order valence-corrected chi connectivity index (χ2v) is 6.96. The molecule has 3 amide bonds. The smallest absolute Gasteiger partial charge is 0.325 e.